The molecular weight excluding hydrogens is 306 g/mol. The van der Waals surface area contributed by atoms with E-state index in [-0.39, 0.29) is 5.91 Å². The van der Waals surface area contributed by atoms with Crippen LogP contribution in [0.5, 0.6) is 0 Å². The number of aromatic amines is 1. The third-order valence-electron chi connectivity index (χ3n) is 3.09. The summed E-state index contributed by atoms with van der Waals surface area (Å²) in [6.07, 6.45) is 1.69. The van der Waals surface area contributed by atoms with Gasteiger partial charge in [0.2, 0.25) is 0 Å². The molecule has 0 aliphatic rings. The van der Waals surface area contributed by atoms with Crippen molar-refractivity contribution in [1.82, 2.24) is 10.4 Å². The van der Waals surface area contributed by atoms with Crippen molar-refractivity contribution >= 4 is 45.5 Å². The predicted octanol–water partition coefficient (Wildman–Crippen LogP) is 4.04. The Morgan fingerprint density at radius 1 is 1.29 bits per heavy atom. The number of halogens is 1. The average molecular weight is 318 g/mol. The number of thiophene rings is 1. The quantitative estimate of drug-likeness (QED) is 0.556. The third-order valence-corrected chi connectivity index (χ3v) is 4.43. The number of hydrazone groups is 1. The molecule has 21 heavy (non-hydrogen) atoms. The van der Waals surface area contributed by atoms with Crippen LogP contribution in [-0.2, 0) is 0 Å². The molecule has 0 saturated heterocycles. The number of rotatable bonds is 3. The van der Waals surface area contributed by atoms with E-state index in [9.17, 15) is 4.79 Å². The molecule has 0 spiro atoms. The summed E-state index contributed by atoms with van der Waals surface area (Å²) < 4.78 is 0.697. The van der Waals surface area contributed by atoms with Crippen LogP contribution < -0.4 is 5.43 Å². The molecule has 4 nitrogen and oxygen atoms in total. The maximum atomic E-state index is 12.2. The van der Waals surface area contributed by atoms with Crippen molar-refractivity contribution in [2.75, 3.05) is 0 Å². The fourth-order valence-electron chi connectivity index (χ4n) is 2.02. The first-order valence-corrected chi connectivity index (χ1v) is 7.51. The van der Waals surface area contributed by atoms with E-state index in [0.29, 0.717) is 9.90 Å². The van der Waals surface area contributed by atoms with Gasteiger partial charge in [0.05, 0.1) is 20.5 Å². The molecule has 0 fully saturated rings. The highest BCUT2D eigenvalue weighted by molar-refractivity contribution is 7.18. The monoisotopic (exact) mass is 317 g/mol. The summed E-state index contributed by atoms with van der Waals surface area (Å²) in [5.74, 6) is -0.241. The van der Waals surface area contributed by atoms with E-state index in [1.807, 2.05) is 43.3 Å². The molecule has 1 amide bonds. The molecule has 2 N–H and O–H groups in total. The fraction of sp³-hybridized carbons (Fsp3) is 0.0667. The van der Waals surface area contributed by atoms with Crippen molar-refractivity contribution in [2.45, 2.75) is 6.92 Å². The summed E-state index contributed by atoms with van der Waals surface area (Å²) in [5.41, 5.74) is 4.80. The summed E-state index contributed by atoms with van der Waals surface area (Å²) >= 11 is 7.31. The molecule has 3 aromatic rings. The van der Waals surface area contributed by atoms with Gasteiger partial charge in [-0.15, -0.1) is 11.3 Å². The zero-order chi connectivity index (χ0) is 14.8. The summed E-state index contributed by atoms with van der Waals surface area (Å²) in [6, 6.07) is 11.3. The molecule has 1 aromatic carbocycles. The number of aromatic nitrogens is 1. The minimum atomic E-state index is -0.241. The highest BCUT2D eigenvalue weighted by atomic mass is 35.5. The first-order valence-electron chi connectivity index (χ1n) is 6.31. The molecule has 0 aliphatic heterocycles. The molecule has 0 atom stereocenters. The molecule has 6 heteroatoms. The number of hydrogen-bond acceptors (Lipinski definition) is 3. The van der Waals surface area contributed by atoms with Gasteiger partial charge in [-0.1, -0.05) is 29.8 Å². The number of fused-ring (bicyclic) bond motifs is 1. The van der Waals surface area contributed by atoms with Crippen LogP contribution in [-0.4, -0.2) is 16.6 Å². The van der Waals surface area contributed by atoms with Crippen LogP contribution >= 0.6 is 22.9 Å². The predicted molar refractivity (Wildman–Crippen MR) is 87.3 cm³/mol. The smallest absolute Gasteiger partial charge is 0.273 e. The van der Waals surface area contributed by atoms with Gasteiger partial charge in [0.1, 0.15) is 0 Å². The zero-order valence-electron chi connectivity index (χ0n) is 11.2. The minimum absolute atomic E-state index is 0.241. The normalized spacial score (nSPS) is 11.8. The second-order valence-electron chi connectivity index (χ2n) is 4.49. The summed E-state index contributed by atoms with van der Waals surface area (Å²) in [6.45, 7) is 1.83. The maximum Gasteiger partial charge on any atom is 0.273 e. The molecule has 0 radical (unpaired) electrons. The summed E-state index contributed by atoms with van der Waals surface area (Å²) in [5, 5.41) is 5.00. The van der Waals surface area contributed by atoms with Gasteiger partial charge in [-0.25, -0.2) is 5.43 Å². The van der Waals surface area contributed by atoms with Crippen LogP contribution in [0.2, 0.25) is 4.34 Å². The summed E-state index contributed by atoms with van der Waals surface area (Å²) in [4.78, 5) is 16.2. The van der Waals surface area contributed by atoms with Gasteiger partial charge in [-0.2, -0.15) is 5.10 Å². The molecule has 3 rings (SSSR count). The largest absolute Gasteiger partial charge is 0.360 e. The number of amides is 1. The topological polar surface area (TPSA) is 57.2 Å². The number of para-hydroxylation sites is 1. The molecule has 2 heterocycles. The Morgan fingerprint density at radius 2 is 2.10 bits per heavy atom. The van der Waals surface area contributed by atoms with Crippen molar-refractivity contribution < 1.29 is 4.79 Å². The van der Waals surface area contributed by atoms with E-state index in [1.165, 1.54) is 11.3 Å². The van der Waals surface area contributed by atoms with E-state index in [1.54, 1.807) is 6.20 Å². The molecule has 0 unspecified atom stereocenters. The number of nitrogens with zero attached hydrogens (tertiary/aromatic N) is 1. The lowest BCUT2D eigenvalue weighted by molar-refractivity contribution is 0.0956. The summed E-state index contributed by atoms with van der Waals surface area (Å²) in [7, 11) is 0. The lowest BCUT2D eigenvalue weighted by Crippen LogP contribution is -2.18. The number of H-pyrrole nitrogens is 1. The number of carbonyl (C=O) groups is 1. The fourth-order valence-corrected chi connectivity index (χ4v) is 3.01. The van der Waals surface area contributed by atoms with E-state index in [0.717, 1.165) is 21.5 Å². The third kappa shape index (κ3) is 2.84. The second-order valence-corrected chi connectivity index (χ2v) is 6.20. The van der Waals surface area contributed by atoms with Crippen LogP contribution in [0.15, 0.2) is 47.7 Å². The lowest BCUT2D eigenvalue weighted by Gasteiger charge is -2.00. The Kier molecular flexibility index (Phi) is 3.77. The number of nitrogens with one attached hydrogen (secondary N) is 2. The zero-order valence-corrected chi connectivity index (χ0v) is 12.8. The van der Waals surface area contributed by atoms with Crippen molar-refractivity contribution in [2.24, 2.45) is 5.10 Å². The van der Waals surface area contributed by atoms with E-state index in [2.05, 4.69) is 15.5 Å². The highest BCUT2D eigenvalue weighted by Crippen LogP contribution is 2.22. The van der Waals surface area contributed by atoms with Gasteiger partial charge in [0.25, 0.3) is 5.91 Å². The molecule has 2 aromatic heterocycles. The van der Waals surface area contributed by atoms with Crippen LogP contribution in [0.3, 0.4) is 0 Å². The van der Waals surface area contributed by atoms with Gasteiger partial charge < -0.3 is 4.98 Å². The number of carbonyl (C=O) groups excluding carboxylic acids is 1. The average Bonchev–Trinajstić information content (AvgIpc) is 3.10. The van der Waals surface area contributed by atoms with Crippen LogP contribution in [0.1, 0.15) is 22.2 Å². The molecule has 0 saturated carbocycles. The van der Waals surface area contributed by atoms with E-state index >= 15 is 0 Å². The Labute approximate surface area is 130 Å². The van der Waals surface area contributed by atoms with E-state index in [4.69, 9.17) is 11.6 Å². The van der Waals surface area contributed by atoms with Gasteiger partial charge in [0.15, 0.2) is 0 Å². The van der Waals surface area contributed by atoms with Gasteiger partial charge >= 0.3 is 0 Å². The Bertz CT molecular complexity index is 834. The SMILES string of the molecule is C/C(=N/NC(=O)c1c[nH]c2ccccc12)c1ccc(Cl)s1. The number of hydrogen-bond donors (Lipinski definition) is 2. The highest BCUT2D eigenvalue weighted by Gasteiger charge is 2.11. The van der Waals surface area contributed by atoms with Crippen molar-refractivity contribution in [3.8, 4) is 0 Å². The van der Waals surface area contributed by atoms with Crippen molar-refractivity contribution in [1.29, 1.82) is 0 Å². The van der Waals surface area contributed by atoms with Crippen LogP contribution in [0, 0.1) is 0 Å². The van der Waals surface area contributed by atoms with Gasteiger partial charge in [-0.3, -0.25) is 4.79 Å². The Morgan fingerprint density at radius 3 is 2.86 bits per heavy atom. The molecule has 0 aliphatic carbocycles. The van der Waals surface area contributed by atoms with Crippen molar-refractivity contribution in [3.63, 3.8) is 0 Å². The van der Waals surface area contributed by atoms with Crippen molar-refractivity contribution in [3.05, 3.63) is 57.4 Å². The molecule has 106 valence electrons. The van der Waals surface area contributed by atoms with Crippen LogP contribution in [0.25, 0.3) is 10.9 Å². The maximum absolute atomic E-state index is 12.2. The van der Waals surface area contributed by atoms with Crippen LogP contribution in [0.4, 0.5) is 0 Å². The standard InChI is InChI=1S/C15H12ClN3OS/c1-9(13-6-7-14(16)21-13)18-19-15(20)11-8-17-12-5-3-2-4-10(11)12/h2-8,17H,1H3,(H,19,20)/b18-9-. The van der Waals surface area contributed by atoms with Gasteiger partial charge in [-0.05, 0) is 25.1 Å². The van der Waals surface area contributed by atoms with Gasteiger partial charge in [0, 0.05) is 17.1 Å². The Balaban J connectivity index is 1.80. The second kappa shape index (κ2) is 5.71. The lowest BCUT2D eigenvalue weighted by atomic mass is 10.2. The Hall–Kier alpha value is -2.11. The first kappa shape index (κ1) is 13.9. The first-order chi connectivity index (χ1) is 10.1. The minimum Gasteiger partial charge on any atom is -0.360 e. The molecular formula is C15H12ClN3OS. The number of benzene rings is 1. The molecule has 0 bridgehead atoms. The van der Waals surface area contributed by atoms with E-state index < -0.39 is 0 Å².